The van der Waals surface area contributed by atoms with Crippen LogP contribution in [0.25, 0.3) is 6.08 Å². The van der Waals surface area contributed by atoms with Gasteiger partial charge < -0.3 is 5.41 Å². The first-order chi connectivity index (χ1) is 10.2. The van der Waals surface area contributed by atoms with E-state index in [-0.39, 0.29) is 0 Å². The molecule has 108 valence electrons. The molecule has 0 unspecified atom stereocenters. The molecule has 1 aromatic rings. The molecule has 0 atom stereocenters. The zero-order valence-electron chi connectivity index (χ0n) is 12.8. The van der Waals surface area contributed by atoms with Crippen LogP contribution in [0.3, 0.4) is 0 Å². The number of aliphatic imine (C=N–C) groups is 1. The second-order valence-corrected chi connectivity index (χ2v) is 4.64. The van der Waals surface area contributed by atoms with Crippen LogP contribution < -0.4 is 0 Å². The Morgan fingerprint density at radius 3 is 2.43 bits per heavy atom. The fraction of sp³-hybridized carbons (Fsp3) is 0.158. The molecular formula is C19H22N2. The summed E-state index contributed by atoms with van der Waals surface area (Å²) in [5.41, 5.74) is 5.06. The molecule has 0 aromatic heterocycles. The van der Waals surface area contributed by atoms with Crippen LogP contribution in [0.15, 0.2) is 70.9 Å². The van der Waals surface area contributed by atoms with Crippen LogP contribution in [-0.2, 0) is 6.42 Å². The molecule has 1 rings (SSSR count). The molecule has 1 aromatic carbocycles. The Balaban J connectivity index is 3.10. The molecule has 0 fully saturated rings. The van der Waals surface area contributed by atoms with Crippen LogP contribution in [0.2, 0.25) is 0 Å². The van der Waals surface area contributed by atoms with Crippen molar-refractivity contribution in [1.29, 1.82) is 5.41 Å². The monoisotopic (exact) mass is 278 g/mol. The number of rotatable bonds is 7. The highest BCUT2D eigenvalue weighted by molar-refractivity contribution is 5.80. The topological polar surface area (TPSA) is 36.2 Å². The molecule has 21 heavy (non-hydrogen) atoms. The van der Waals surface area contributed by atoms with Crippen molar-refractivity contribution in [3.05, 3.63) is 77.0 Å². The third-order valence-electron chi connectivity index (χ3n) is 3.23. The summed E-state index contributed by atoms with van der Waals surface area (Å²) in [5.74, 6) is 0. The van der Waals surface area contributed by atoms with E-state index in [0.29, 0.717) is 0 Å². The minimum absolute atomic E-state index is 0.839. The zero-order valence-corrected chi connectivity index (χ0v) is 12.8. The van der Waals surface area contributed by atoms with Crippen LogP contribution in [0.4, 0.5) is 0 Å². The van der Waals surface area contributed by atoms with E-state index in [1.54, 1.807) is 12.3 Å². The summed E-state index contributed by atoms with van der Waals surface area (Å²) in [4.78, 5) is 3.84. The molecule has 0 bridgehead atoms. The Morgan fingerprint density at radius 1 is 1.29 bits per heavy atom. The molecule has 0 amide bonds. The quantitative estimate of drug-likeness (QED) is 0.538. The fourth-order valence-corrected chi connectivity index (χ4v) is 1.94. The average Bonchev–Trinajstić information content (AvgIpc) is 2.53. The van der Waals surface area contributed by atoms with Crippen molar-refractivity contribution in [1.82, 2.24) is 0 Å². The van der Waals surface area contributed by atoms with Crippen LogP contribution in [0, 0.1) is 5.41 Å². The number of hydrogen-bond acceptors (Lipinski definition) is 2. The van der Waals surface area contributed by atoms with E-state index in [1.807, 2.05) is 19.1 Å². The van der Waals surface area contributed by atoms with Gasteiger partial charge in [0.05, 0.1) is 0 Å². The summed E-state index contributed by atoms with van der Waals surface area (Å²) in [6.07, 6.45) is 9.77. The lowest BCUT2D eigenvalue weighted by molar-refractivity contribution is 1.14. The van der Waals surface area contributed by atoms with Gasteiger partial charge in [0, 0.05) is 18.0 Å². The molecule has 0 aliphatic carbocycles. The van der Waals surface area contributed by atoms with Gasteiger partial charge in [0.2, 0.25) is 0 Å². The first-order valence-corrected chi connectivity index (χ1v) is 6.93. The van der Waals surface area contributed by atoms with E-state index in [9.17, 15) is 0 Å². The first kappa shape index (κ1) is 16.6. The van der Waals surface area contributed by atoms with Crippen molar-refractivity contribution < 1.29 is 0 Å². The van der Waals surface area contributed by atoms with E-state index < -0.39 is 0 Å². The van der Waals surface area contributed by atoms with Gasteiger partial charge in [0.1, 0.15) is 0 Å². The van der Waals surface area contributed by atoms with Crippen molar-refractivity contribution in [2.45, 2.75) is 20.3 Å². The van der Waals surface area contributed by atoms with Gasteiger partial charge in [-0.05, 0) is 42.3 Å². The van der Waals surface area contributed by atoms with Crippen LogP contribution in [0.1, 0.15) is 25.0 Å². The van der Waals surface area contributed by atoms with Gasteiger partial charge in [-0.2, -0.15) is 0 Å². The molecule has 0 spiro atoms. The second kappa shape index (κ2) is 8.64. The third kappa shape index (κ3) is 4.84. The largest absolute Gasteiger partial charge is 0.308 e. The summed E-state index contributed by atoms with van der Waals surface area (Å²) in [6.45, 7) is 11.3. The van der Waals surface area contributed by atoms with Gasteiger partial charge in [-0.3, -0.25) is 4.99 Å². The Bertz CT molecular complexity index is 599. The lowest BCUT2D eigenvalue weighted by atomic mass is 10.0. The van der Waals surface area contributed by atoms with E-state index in [0.717, 1.165) is 28.7 Å². The summed E-state index contributed by atoms with van der Waals surface area (Å²) in [6, 6.07) is 8.44. The van der Waals surface area contributed by atoms with E-state index in [2.05, 4.69) is 49.5 Å². The Labute approximate surface area is 127 Å². The second-order valence-electron chi connectivity index (χ2n) is 4.64. The minimum Gasteiger partial charge on any atom is -0.308 e. The summed E-state index contributed by atoms with van der Waals surface area (Å²) in [5, 5.41) is 7.38. The first-order valence-electron chi connectivity index (χ1n) is 6.93. The van der Waals surface area contributed by atoms with Crippen molar-refractivity contribution in [2.24, 2.45) is 4.99 Å². The predicted molar refractivity (Wildman–Crippen MR) is 94.2 cm³/mol. The summed E-state index contributed by atoms with van der Waals surface area (Å²) in [7, 11) is 0. The SMILES string of the molecule is C=CC(/C(=C\N=C)/C=C/c1ccc(CC)cc1)=C(/C)C=N. The molecule has 2 nitrogen and oxygen atoms in total. The van der Waals surface area contributed by atoms with Gasteiger partial charge in [-0.25, -0.2) is 0 Å². The van der Waals surface area contributed by atoms with Crippen LogP contribution in [-0.4, -0.2) is 12.9 Å². The molecule has 0 saturated carbocycles. The van der Waals surface area contributed by atoms with E-state index in [4.69, 9.17) is 5.41 Å². The fourth-order valence-electron chi connectivity index (χ4n) is 1.94. The Hall–Kier alpha value is -2.48. The Kier molecular flexibility index (Phi) is 6.82. The normalized spacial score (nSPS) is 13.0. The molecule has 0 radical (unpaired) electrons. The van der Waals surface area contributed by atoms with Crippen molar-refractivity contribution >= 4 is 19.0 Å². The molecule has 0 aliphatic heterocycles. The smallest absolute Gasteiger partial charge is 0.0339 e. The molecule has 0 aliphatic rings. The average molecular weight is 278 g/mol. The van der Waals surface area contributed by atoms with Gasteiger partial charge >= 0.3 is 0 Å². The van der Waals surface area contributed by atoms with E-state index >= 15 is 0 Å². The van der Waals surface area contributed by atoms with E-state index in [1.165, 1.54) is 11.8 Å². The standard InChI is InChI=1S/C19H22N2/c1-5-16-7-9-17(10-8-16)11-12-18(14-21-4)19(6-2)15(3)13-20/h6-14,20H,2,4-5H2,1,3H3/b12-11+,18-14-,19-15+,20-13?. The summed E-state index contributed by atoms with van der Waals surface area (Å²) >= 11 is 0. The van der Waals surface area contributed by atoms with Crippen LogP contribution >= 0.6 is 0 Å². The number of aryl methyl sites for hydroxylation is 1. The van der Waals surface area contributed by atoms with Crippen molar-refractivity contribution in [3.63, 3.8) is 0 Å². The number of nitrogens with one attached hydrogen (secondary N) is 1. The lowest BCUT2D eigenvalue weighted by Crippen LogP contribution is -1.90. The van der Waals surface area contributed by atoms with Gasteiger partial charge in [-0.15, -0.1) is 0 Å². The number of benzene rings is 1. The number of nitrogens with zero attached hydrogens (tertiary/aromatic N) is 1. The third-order valence-corrected chi connectivity index (χ3v) is 3.23. The maximum absolute atomic E-state index is 7.38. The molecule has 0 heterocycles. The van der Waals surface area contributed by atoms with Gasteiger partial charge in [-0.1, -0.05) is 56.0 Å². The number of hydrogen-bond donors (Lipinski definition) is 1. The molecular weight excluding hydrogens is 256 g/mol. The lowest BCUT2D eigenvalue weighted by Gasteiger charge is -2.05. The highest BCUT2D eigenvalue weighted by atomic mass is 14.6. The predicted octanol–water partition coefficient (Wildman–Crippen LogP) is 5.00. The highest BCUT2D eigenvalue weighted by Crippen LogP contribution is 2.18. The number of allylic oxidation sites excluding steroid dienone is 5. The molecule has 1 N–H and O–H groups in total. The van der Waals surface area contributed by atoms with Crippen LogP contribution in [0.5, 0.6) is 0 Å². The Morgan fingerprint density at radius 2 is 1.95 bits per heavy atom. The summed E-state index contributed by atoms with van der Waals surface area (Å²) < 4.78 is 0. The maximum atomic E-state index is 7.38. The van der Waals surface area contributed by atoms with Gasteiger partial charge in [0.25, 0.3) is 0 Å². The van der Waals surface area contributed by atoms with Gasteiger partial charge in [0.15, 0.2) is 0 Å². The zero-order chi connectivity index (χ0) is 15.7. The molecule has 2 heteroatoms. The minimum atomic E-state index is 0.839. The highest BCUT2D eigenvalue weighted by Gasteiger charge is 2.01. The van der Waals surface area contributed by atoms with Crippen molar-refractivity contribution in [3.8, 4) is 0 Å². The molecule has 0 saturated heterocycles. The van der Waals surface area contributed by atoms with Crippen molar-refractivity contribution in [2.75, 3.05) is 0 Å². The maximum Gasteiger partial charge on any atom is 0.0339 e.